The second-order valence-corrected chi connectivity index (χ2v) is 8.20. The van der Waals surface area contributed by atoms with Gasteiger partial charge in [0.15, 0.2) is 0 Å². The molecule has 1 aliphatic heterocycles. The van der Waals surface area contributed by atoms with Gasteiger partial charge >= 0.3 is 0 Å². The predicted octanol–water partition coefficient (Wildman–Crippen LogP) is 3.67. The zero-order valence-electron chi connectivity index (χ0n) is 15.4. The van der Waals surface area contributed by atoms with Gasteiger partial charge in [0.25, 0.3) is 0 Å². The van der Waals surface area contributed by atoms with E-state index >= 15 is 0 Å². The molecule has 0 saturated heterocycles. The van der Waals surface area contributed by atoms with Crippen molar-refractivity contribution in [2.45, 2.75) is 12.5 Å². The van der Waals surface area contributed by atoms with E-state index < -0.39 is 0 Å². The average Bonchev–Trinajstić information content (AvgIpc) is 2.98. The summed E-state index contributed by atoms with van der Waals surface area (Å²) < 4.78 is 1.04. The Morgan fingerprint density at radius 3 is 2.85 bits per heavy atom. The first-order chi connectivity index (χ1) is 12.9. The Morgan fingerprint density at radius 1 is 1.30 bits per heavy atom. The first-order valence-corrected chi connectivity index (χ1v) is 9.76. The first-order valence-electron chi connectivity index (χ1n) is 8.97. The minimum atomic E-state index is -0.237. The molecule has 0 radical (unpaired) electrons. The van der Waals surface area contributed by atoms with E-state index in [1.165, 1.54) is 10.9 Å². The predicted molar refractivity (Wildman–Crippen MR) is 110 cm³/mol. The number of rotatable bonds is 3. The average molecular weight is 428 g/mol. The summed E-state index contributed by atoms with van der Waals surface area (Å²) in [6.07, 6.45) is 0.806. The molecule has 2 N–H and O–H groups in total. The molecule has 0 aliphatic carbocycles. The molecule has 0 saturated carbocycles. The van der Waals surface area contributed by atoms with E-state index in [1.807, 2.05) is 42.1 Å². The van der Waals surface area contributed by atoms with Crippen LogP contribution in [0.25, 0.3) is 10.9 Å². The molecule has 27 heavy (non-hydrogen) atoms. The minimum absolute atomic E-state index is 0.0822. The van der Waals surface area contributed by atoms with Crippen LogP contribution in [0.15, 0.2) is 46.9 Å². The maximum atomic E-state index is 13.0. The van der Waals surface area contributed by atoms with Crippen LogP contribution in [0.1, 0.15) is 22.9 Å². The number of nitrogens with zero attached hydrogens (tertiary/aromatic N) is 2. The summed E-state index contributed by atoms with van der Waals surface area (Å²) in [4.78, 5) is 20.3. The molecule has 4 rings (SSSR count). The number of aromatic hydroxyl groups is 1. The van der Waals surface area contributed by atoms with Gasteiger partial charge in [-0.1, -0.05) is 28.1 Å². The number of aromatic amines is 1. The molecule has 1 amide bonds. The van der Waals surface area contributed by atoms with Crippen molar-refractivity contribution in [2.24, 2.45) is 0 Å². The van der Waals surface area contributed by atoms with Gasteiger partial charge in [-0.25, -0.2) is 0 Å². The number of carbonyl (C=O) groups is 1. The van der Waals surface area contributed by atoms with Crippen LogP contribution in [0.2, 0.25) is 0 Å². The Bertz CT molecular complexity index is 1010. The second kappa shape index (κ2) is 7.02. The smallest absolute Gasteiger partial charge is 0.237 e. The van der Waals surface area contributed by atoms with Gasteiger partial charge in [-0.15, -0.1) is 0 Å². The molecule has 140 valence electrons. The van der Waals surface area contributed by atoms with Crippen molar-refractivity contribution in [3.8, 4) is 5.75 Å². The van der Waals surface area contributed by atoms with Gasteiger partial charge in [-0.05, 0) is 62.0 Å². The maximum absolute atomic E-state index is 13.0. The van der Waals surface area contributed by atoms with Gasteiger partial charge in [0.2, 0.25) is 5.91 Å². The van der Waals surface area contributed by atoms with E-state index in [0.717, 1.165) is 27.7 Å². The van der Waals surface area contributed by atoms with Gasteiger partial charge in [0.05, 0.1) is 12.6 Å². The van der Waals surface area contributed by atoms with Gasteiger partial charge in [0, 0.05) is 27.6 Å². The van der Waals surface area contributed by atoms with Gasteiger partial charge < -0.3 is 19.9 Å². The minimum Gasteiger partial charge on any atom is -0.508 e. The number of H-pyrrole nitrogens is 1. The molecule has 0 bridgehead atoms. The van der Waals surface area contributed by atoms with Crippen LogP contribution in [-0.2, 0) is 11.2 Å². The van der Waals surface area contributed by atoms with E-state index in [9.17, 15) is 9.90 Å². The van der Waals surface area contributed by atoms with E-state index in [4.69, 9.17) is 0 Å². The van der Waals surface area contributed by atoms with Crippen LogP contribution < -0.4 is 0 Å². The van der Waals surface area contributed by atoms with Crippen molar-refractivity contribution in [1.29, 1.82) is 0 Å². The molecule has 0 fully saturated rings. The molecule has 1 aromatic heterocycles. The number of carbonyl (C=O) groups excluding carboxylic acids is 1. The number of hydrogen-bond acceptors (Lipinski definition) is 3. The highest BCUT2D eigenvalue weighted by atomic mass is 79.9. The van der Waals surface area contributed by atoms with Crippen molar-refractivity contribution in [3.05, 3.63) is 63.8 Å². The Kier molecular flexibility index (Phi) is 4.70. The molecule has 3 aromatic rings. The highest BCUT2D eigenvalue weighted by Crippen LogP contribution is 2.39. The Balaban J connectivity index is 1.87. The van der Waals surface area contributed by atoms with Crippen molar-refractivity contribution in [2.75, 3.05) is 27.2 Å². The highest BCUT2D eigenvalue weighted by Gasteiger charge is 2.34. The SMILES string of the molecule is CN(C)CC(=O)N1CCc2c([nH]c3ccc(Br)cc23)C1c1cccc(O)c1. The standard InChI is InChI=1S/C21H22BrN3O2/c1-24(2)12-19(27)25-9-8-16-17-11-14(22)6-7-18(17)23-20(16)21(25)13-4-3-5-15(26)10-13/h3-7,10-11,21,23,26H,8-9,12H2,1-2H3. The number of phenols is 1. The normalized spacial score (nSPS) is 16.7. The largest absolute Gasteiger partial charge is 0.508 e. The monoisotopic (exact) mass is 427 g/mol. The lowest BCUT2D eigenvalue weighted by Gasteiger charge is -2.37. The quantitative estimate of drug-likeness (QED) is 0.670. The number of nitrogens with one attached hydrogen (secondary N) is 1. The van der Waals surface area contributed by atoms with Crippen LogP contribution >= 0.6 is 15.9 Å². The van der Waals surface area contributed by atoms with Gasteiger partial charge in [-0.2, -0.15) is 0 Å². The summed E-state index contributed by atoms with van der Waals surface area (Å²) in [6.45, 7) is 1.01. The van der Waals surface area contributed by atoms with Crippen LogP contribution in [0.3, 0.4) is 0 Å². The lowest BCUT2D eigenvalue weighted by atomic mass is 9.92. The summed E-state index contributed by atoms with van der Waals surface area (Å²) in [5.41, 5.74) is 4.25. The zero-order chi connectivity index (χ0) is 19.1. The molecular formula is C21H22BrN3O2. The number of amides is 1. The lowest BCUT2D eigenvalue weighted by molar-refractivity contribution is -0.134. The van der Waals surface area contributed by atoms with Gasteiger partial charge in [0.1, 0.15) is 5.75 Å². The number of aromatic nitrogens is 1. The first kappa shape index (κ1) is 18.1. The summed E-state index contributed by atoms with van der Waals surface area (Å²) >= 11 is 3.56. The summed E-state index contributed by atoms with van der Waals surface area (Å²) in [5.74, 6) is 0.289. The van der Waals surface area contributed by atoms with Gasteiger partial charge in [-0.3, -0.25) is 4.79 Å². The maximum Gasteiger partial charge on any atom is 0.237 e. The number of halogens is 1. The molecule has 2 aromatic carbocycles. The molecule has 1 atom stereocenters. The van der Waals surface area contributed by atoms with Crippen molar-refractivity contribution in [1.82, 2.24) is 14.8 Å². The van der Waals surface area contributed by atoms with Crippen LogP contribution in [0, 0.1) is 0 Å². The van der Waals surface area contributed by atoms with Crippen LogP contribution in [-0.4, -0.2) is 53.0 Å². The zero-order valence-corrected chi connectivity index (χ0v) is 17.0. The Labute approximate surface area is 166 Å². The van der Waals surface area contributed by atoms with E-state index in [2.05, 4.69) is 33.0 Å². The molecule has 6 heteroatoms. The third-order valence-corrected chi connectivity index (χ3v) is 5.54. The molecular weight excluding hydrogens is 406 g/mol. The second-order valence-electron chi connectivity index (χ2n) is 7.28. The van der Waals surface area contributed by atoms with Crippen molar-refractivity contribution in [3.63, 3.8) is 0 Å². The third-order valence-electron chi connectivity index (χ3n) is 5.05. The molecule has 0 spiro atoms. The van der Waals surface area contributed by atoms with Crippen molar-refractivity contribution < 1.29 is 9.90 Å². The fraction of sp³-hybridized carbons (Fsp3) is 0.286. The van der Waals surface area contributed by atoms with E-state index in [1.54, 1.807) is 12.1 Å². The van der Waals surface area contributed by atoms with Crippen molar-refractivity contribution >= 4 is 32.7 Å². The summed E-state index contributed by atoms with van der Waals surface area (Å²) in [7, 11) is 3.80. The van der Waals surface area contributed by atoms with Crippen LogP contribution in [0.5, 0.6) is 5.75 Å². The lowest BCUT2D eigenvalue weighted by Crippen LogP contribution is -2.44. The summed E-state index contributed by atoms with van der Waals surface area (Å²) in [6, 6.07) is 13.2. The molecule has 1 aliphatic rings. The number of hydrogen-bond donors (Lipinski definition) is 2. The number of fused-ring (bicyclic) bond motifs is 3. The summed E-state index contributed by atoms with van der Waals surface area (Å²) in [5, 5.41) is 11.2. The van der Waals surface area contributed by atoms with Crippen LogP contribution in [0.4, 0.5) is 0 Å². The topological polar surface area (TPSA) is 59.6 Å². The highest BCUT2D eigenvalue weighted by molar-refractivity contribution is 9.10. The Morgan fingerprint density at radius 2 is 2.11 bits per heavy atom. The molecule has 2 heterocycles. The Hall–Kier alpha value is -2.31. The molecule has 1 unspecified atom stereocenters. The number of phenolic OH excluding ortho intramolecular Hbond substituents is 1. The fourth-order valence-corrected chi connectivity index (χ4v) is 4.29. The number of benzene rings is 2. The third kappa shape index (κ3) is 3.35. The fourth-order valence-electron chi connectivity index (χ4n) is 3.93. The van der Waals surface area contributed by atoms with E-state index in [-0.39, 0.29) is 17.7 Å². The molecule has 5 nitrogen and oxygen atoms in total. The number of likely N-dealkylation sites (N-methyl/N-ethyl adjacent to an activating group) is 1. The van der Waals surface area contributed by atoms with E-state index in [0.29, 0.717) is 13.1 Å².